The average molecular weight is 638 g/mol. The van der Waals surface area contributed by atoms with E-state index in [1.165, 1.54) is 54.6 Å². The van der Waals surface area contributed by atoms with E-state index in [1.54, 1.807) is 0 Å². The van der Waals surface area contributed by atoms with Gasteiger partial charge in [-0.15, -0.1) is 0 Å². The van der Waals surface area contributed by atoms with Crippen LogP contribution in [0.1, 0.15) is 0 Å². The minimum Gasteiger partial charge on any atom is -0.456 e. The van der Waals surface area contributed by atoms with Crippen LogP contribution in [0, 0.1) is 0 Å². The summed E-state index contributed by atoms with van der Waals surface area (Å²) in [5.74, 6) is 0. The summed E-state index contributed by atoms with van der Waals surface area (Å²) in [6.07, 6.45) is 0. The molecule has 0 spiro atoms. The zero-order chi connectivity index (χ0) is 33.0. The van der Waals surface area contributed by atoms with Crippen LogP contribution in [0.25, 0.3) is 76.5 Å². The van der Waals surface area contributed by atoms with E-state index < -0.39 is 0 Å². The first-order valence-corrected chi connectivity index (χ1v) is 17.1. The van der Waals surface area contributed by atoms with Gasteiger partial charge in [0.2, 0.25) is 0 Å². The summed E-state index contributed by atoms with van der Waals surface area (Å²) in [6.45, 7) is 0. The van der Waals surface area contributed by atoms with Crippen molar-refractivity contribution in [3.05, 3.63) is 188 Å². The van der Waals surface area contributed by atoms with E-state index >= 15 is 0 Å². The zero-order valence-corrected chi connectivity index (χ0v) is 27.3. The van der Waals surface area contributed by atoms with Crippen molar-refractivity contribution in [1.29, 1.82) is 0 Å². The number of hydrogen-bond acceptors (Lipinski definition) is 2. The van der Waals surface area contributed by atoms with Crippen LogP contribution in [0.4, 0.5) is 17.1 Å². The standard InChI is InChI=1S/C48H31NO/c1-3-13-34(14-4-1)49(35-15-5-2-6-16-35)36-26-23-32(24-27-36)42-30-44-40-20-10-8-18-38(40)43(31-45(44)39-19-9-7-17-37(39)42)33-25-28-48-46(29-33)41-21-11-12-22-47(41)50-48/h1-31H. The van der Waals surface area contributed by atoms with Gasteiger partial charge < -0.3 is 9.32 Å². The lowest BCUT2D eigenvalue weighted by molar-refractivity contribution is 0.669. The summed E-state index contributed by atoms with van der Waals surface area (Å²) in [5, 5.41) is 9.79. The van der Waals surface area contributed by atoms with E-state index in [1.807, 2.05) is 12.1 Å². The van der Waals surface area contributed by atoms with Crippen LogP contribution in [0.3, 0.4) is 0 Å². The highest BCUT2D eigenvalue weighted by Crippen LogP contribution is 2.43. The topological polar surface area (TPSA) is 16.4 Å². The molecule has 0 unspecified atom stereocenters. The Morgan fingerprint density at radius 2 is 0.720 bits per heavy atom. The van der Waals surface area contributed by atoms with Crippen molar-refractivity contribution >= 4 is 71.3 Å². The van der Waals surface area contributed by atoms with Gasteiger partial charge in [-0.2, -0.15) is 0 Å². The summed E-state index contributed by atoms with van der Waals surface area (Å²) in [5.41, 5.74) is 10.0. The highest BCUT2D eigenvalue weighted by molar-refractivity contribution is 6.24. The van der Waals surface area contributed by atoms with Crippen molar-refractivity contribution in [3.8, 4) is 22.3 Å². The molecule has 2 heteroatoms. The number of rotatable bonds is 5. The molecular weight excluding hydrogens is 607 g/mol. The van der Waals surface area contributed by atoms with Crippen molar-refractivity contribution in [3.63, 3.8) is 0 Å². The van der Waals surface area contributed by atoms with E-state index in [0.29, 0.717) is 0 Å². The van der Waals surface area contributed by atoms with Gasteiger partial charge in [-0.25, -0.2) is 0 Å². The highest BCUT2D eigenvalue weighted by atomic mass is 16.3. The van der Waals surface area contributed by atoms with Crippen LogP contribution in [0.2, 0.25) is 0 Å². The molecule has 0 aliphatic rings. The molecule has 1 heterocycles. The summed E-state index contributed by atoms with van der Waals surface area (Å²) in [7, 11) is 0. The third-order valence-electron chi connectivity index (χ3n) is 10.0. The number of anilines is 3. The van der Waals surface area contributed by atoms with Crippen molar-refractivity contribution in [2.75, 3.05) is 4.90 Å². The lowest BCUT2D eigenvalue weighted by Crippen LogP contribution is -2.09. The van der Waals surface area contributed by atoms with Crippen molar-refractivity contribution in [2.24, 2.45) is 0 Å². The molecule has 0 bridgehead atoms. The van der Waals surface area contributed by atoms with Gasteiger partial charge >= 0.3 is 0 Å². The Balaban J connectivity index is 1.16. The van der Waals surface area contributed by atoms with Crippen LogP contribution in [-0.4, -0.2) is 0 Å². The Morgan fingerprint density at radius 1 is 0.280 bits per heavy atom. The second-order valence-electron chi connectivity index (χ2n) is 12.9. The molecule has 0 N–H and O–H groups in total. The summed E-state index contributed by atoms with van der Waals surface area (Å²) >= 11 is 0. The number of benzene rings is 9. The quantitative estimate of drug-likeness (QED) is 0.175. The molecule has 10 aromatic rings. The summed E-state index contributed by atoms with van der Waals surface area (Å²) in [6, 6.07) is 67.5. The molecule has 1 aromatic heterocycles. The second kappa shape index (κ2) is 11.5. The predicted molar refractivity (Wildman–Crippen MR) is 212 cm³/mol. The molecule has 0 saturated carbocycles. The Kier molecular flexibility index (Phi) is 6.53. The van der Waals surface area contributed by atoms with E-state index in [9.17, 15) is 0 Å². The number of hydrogen-bond donors (Lipinski definition) is 0. The summed E-state index contributed by atoms with van der Waals surface area (Å²) in [4.78, 5) is 2.31. The molecule has 2 nitrogen and oxygen atoms in total. The van der Waals surface area contributed by atoms with Crippen LogP contribution in [0.15, 0.2) is 192 Å². The lowest BCUT2D eigenvalue weighted by atomic mass is 9.87. The molecule has 0 atom stereocenters. The first-order valence-electron chi connectivity index (χ1n) is 17.1. The molecule has 50 heavy (non-hydrogen) atoms. The molecule has 0 fully saturated rings. The Morgan fingerprint density at radius 3 is 1.32 bits per heavy atom. The maximum Gasteiger partial charge on any atom is 0.135 e. The largest absolute Gasteiger partial charge is 0.456 e. The number of nitrogens with zero attached hydrogens (tertiary/aromatic N) is 1. The van der Waals surface area contributed by atoms with Gasteiger partial charge in [-0.3, -0.25) is 0 Å². The average Bonchev–Trinajstić information content (AvgIpc) is 3.56. The molecule has 234 valence electrons. The zero-order valence-electron chi connectivity index (χ0n) is 27.3. The normalized spacial score (nSPS) is 11.6. The molecule has 0 amide bonds. The van der Waals surface area contributed by atoms with Crippen molar-refractivity contribution in [1.82, 2.24) is 0 Å². The van der Waals surface area contributed by atoms with Gasteiger partial charge in [0.05, 0.1) is 0 Å². The maximum atomic E-state index is 6.18. The third kappa shape index (κ3) is 4.57. The van der Waals surface area contributed by atoms with E-state index in [4.69, 9.17) is 4.42 Å². The van der Waals surface area contributed by atoms with Crippen molar-refractivity contribution in [2.45, 2.75) is 0 Å². The Bertz CT molecular complexity index is 2810. The molecular formula is C48H31NO. The Labute approximate surface area is 290 Å². The molecule has 9 aromatic carbocycles. The first kappa shape index (κ1) is 28.4. The molecule has 10 rings (SSSR count). The smallest absolute Gasteiger partial charge is 0.135 e. The molecule has 0 aliphatic carbocycles. The fourth-order valence-electron chi connectivity index (χ4n) is 7.71. The first-order chi connectivity index (χ1) is 24.8. The number of fused-ring (bicyclic) bond motifs is 8. The van der Waals surface area contributed by atoms with Gasteiger partial charge in [0, 0.05) is 27.8 Å². The third-order valence-corrected chi connectivity index (χ3v) is 10.0. The van der Waals surface area contributed by atoms with Crippen LogP contribution in [0.5, 0.6) is 0 Å². The van der Waals surface area contributed by atoms with Crippen LogP contribution < -0.4 is 4.90 Å². The number of para-hydroxylation sites is 3. The number of furan rings is 1. The Hall–Kier alpha value is -6.64. The predicted octanol–water partition coefficient (Wildman–Crippen LogP) is 13.8. The van der Waals surface area contributed by atoms with Crippen molar-refractivity contribution < 1.29 is 4.42 Å². The maximum absolute atomic E-state index is 6.18. The fraction of sp³-hybridized carbons (Fsp3) is 0. The van der Waals surface area contributed by atoms with Gasteiger partial charge in [0.1, 0.15) is 11.2 Å². The van der Waals surface area contributed by atoms with Gasteiger partial charge in [-0.1, -0.05) is 121 Å². The van der Waals surface area contributed by atoms with Crippen LogP contribution >= 0.6 is 0 Å². The molecule has 0 saturated heterocycles. The minimum atomic E-state index is 0.914. The van der Waals surface area contributed by atoms with Gasteiger partial charge in [-0.05, 0) is 121 Å². The van der Waals surface area contributed by atoms with E-state index in [0.717, 1.165) is 39.0 Å². The fourth-order valence-corrected chi connectivity index (χ4v) is 7.71. The van der Waals surface area contributed by atoms with Gasteiger partial charge in [0.25, 0.3) is 0 Å². The highest BCUT2D eigenvalue weighted by Gasteiger charge is 2.17. The van der Waals surface area contributed by atoms with Gasteiger partial charge in [0.15, 0.2) is 0 Å². The molecule has 0 radical (unpaired) electrons. The van der Waals surface area contributed by atoms with E-state index in [-0.39, 0.29) is 0 Å². The van der Waals surface area contributed by atoms with Crippen LogP contribution in [-0.2, 0) is 0 Å². The minimum absolute atomic E-state index is 0.914. The second-order valence-corrected chi connectivity index (χ2v) is 12.9. The van der Waals surface area contributed by atoms with E-state index in [2.05, 4.69) is 181 Å². The molecule has 0 aliphatic heterocycles. The SMILES string of the molecule is c1ccc(N(c2ccccc2)c2ccc(-c3cc4c5ccccc5c(-c5ccc6oc7ccccc7c6c5)cc4c4ccccc34)cc2)cc1. The summed E-state index contributed by atoms with van der Waals surface area (Å²) < 4.78 is 6.18. The lowest BCUT2D eigenvalue weighted by Gasteiger charge is -2.25. The monoisotopic (exact) mass is 637 g/mol.